The van der Waals surface area contributed by atoms with E-state index < -0.39 is 11.9 Å². The van der Waals surface area contributed by atoms with Crippen LogP contribution in [0.5, 0.6) is 5.75 Å². The van der Waals surface area contributed by atoms with E-state index in [1.165, 1.54) is 24.3 Å². The second-order valence-electron chi connectivity index (χ2n) is 4.31. The lowest BCUT2D eigenvalue weighted by Gasteiger charge is -2.16. The molecule has 0 bridgehead atoms. The summed E-state index contributed by atoms with van der Waals surface area (Å²) in [7, 11) is 0. The Hall–Kier alpha value is -1.00. The number of ether oxygens (including phenoxy) is 1. The van der Waals surface area contributed by atoms with Crippen molar-refractivity contribution in [3.63, 3.8) is 0 Å². The maximum atomic E-state index is 13.9. The average molecular weight is 350 g/mol. The van der Waals surface area contributed by atoms with Crippen LogP contribution >= 0.6 is 34.8 Å². The van der Waals surface area contributed by atoms with Crippen molar-refractivity contribution in [3.8, 4) is 5.75 Å². The second-order valence-corrected chi connectivity index (χ2v) is 5.56. The Morgan fingerprint density at radius 3 is 2.43 bits per heavy atom. The van der Waals surface area contributed by atoms with Crippen LogP contribution in [0.3, 0.4) is 0 Å². The first kappa shape index (κ1) is 16.4. The molecule has 1 atom stereocenters. The van der Waals surface area contributed by atoms with Crippen LogP contribution in [0.2, 0.25) is 15.1 Å². The summed E-state index contributed by atoms with van der Waals surface area (Å²) in [6.45, 7) is 2.25. The van der Waals surface area contributed by atoms with E-state index in [0.29, 0.717) is 22.9 Å². The lowest BCUT2D eigenvalue weighted by Crippen LogP contribution is -2.04. The van der Waals surface area contributed by atoms with E-state index in [4.69, 9.17) is 39.5 Å². The monoisotopic (exact) mass is 348 g/mol. The summed E-state index contributed by atoms with van der Waals surface area (Å²) in [5.74, 6) is -0.201. The van der Waals surface area contributed by atoms with E-state index in [1.54, 1.807) is 0 Å². The Labute approximate surface area is 137 Å². The quantitative estimate of drug-likeness (QED) is 0.815. The molecule has 1 unspecified atom stereocenters. The van der Waals surface area contributed by atoms with Crippen LogP contribution in [0.1, 0.15) is 24.2 Å². The molecule has 112 valence electrons. The van der Waals surface area contributed by atoms with Gasteiger partial charge in [0.05, 0.1) is 16.7 Å². The van der Waals surface area contributed by atoms with Gasteiger partial charge in [0.25, 0.3) is 0 Å². The van der Waals surface area contributed by atoms with Crippen molar-refractivity contribution in [1.29, 1.82) is 0 Å². The third kappa shape index (κ3) is 3.61. The molecular weight excluding hydrogens is 338 g/mol. The van der Waals surface area contributed by atoms with Gasteiger partial charge in [-0.05, 0) is 25.1 Å². The van der Waals surface area contributed by atoms with Gasteiger partial charge in [-0.1, -0.05) is 40.9 Å². The Morgan fingerprint density at radius 1 is 1.10 bits per heavy atom. The smallest absolute Gasteiger partial charge is 0.139 e. The zero-order chi connectivity index (χ0) is 15.6. The molecule has 0 aromatic heterocycles. The lowest BCUT2D eigenvalue weighted by molar-refractivity contribution is 0.215. The summed E-state index contributed by atoms with van der Waals surface area (Å²) < 4.78 is 19.2. The molecule has 0 radical (unpaired) electrons. The molecule has 0 fully saturated rings. The van der Waals surface area contributed by atoms with Gasteiger partial charge in [0.2, 0.25) is 0 Å². The number of hydrogen-bond donors (Lipinski definition) is 1. The number of hydrogen-bond acceptors (Lipinski definition) is 2. The maximum absolute atomic E-state index is 13.9. The van der Waals surface area contributed by atoms with Gasteiger partial charge in [0.1, 0.15) is 17.7 Å². The van der Waals surface area contributed by atoms with Gasteiger partial charge < -0.3 is 9.84 Å². The van der Waals surface area contributed by atoms with Crippen molar-refractivity contribution in [2.75, 3.05) is 6.61 Å². The molecule has 0 heterocycles. The van der Waals surface area contributed by atoms with Gasteiger partial charge in [0, 0.05) is 22.2 Å². The molecule has 0 saturated heterocycles. The first-order valence-corrected chi connectivity index (χ1v) is 7.32. The molecule has 6 heteroatoms. The average Bonchev–Trinajstić information content (AvgIpc) is 2.42. The summed E-state index contributed by atoms with van der Waals surface area (Å²) in [6.07, 6.45) is -1.25. The van der Waals surface area contributed by atoms with Gasteiger partial charge >= 0.3 is 0 Å². The lowest BCUT2D eigenvalue weighted by atomic mass is 10.0. The topological polar surface area (TPSA) is 29.5 Å². The molecule has 2 rings (SSSR count). The van der Waals surface area contributed by atoms with Crippen molar-refractivity contribution in [1.82, 2.24) is 0 Å². The first-order chi connectivity index (χ1) is 9.93. The number of rotatable bonds is 4. The highest BCUT2D eigenvalue weighted by Crippen LogP contribution is 2.37. The highest BCUT2D eigenvalue weighted by molar-refractivity contribution is 6.34. The fraction of sp³-hybridized carbons (Fsp3) is 0.200. The van der Waals surface area contributed by atoms with E-state index in [1.807, 2.05) is 6.92 Å². The van der Waals surface area contributed by atoms with Gasteiger partial charge in [-0.15, -0.1) is 0 Å². The van der Waals surface area contributed by atoms with Crippen molar-refractivity contribution >= 4 is 34.8 Å². The fourth-order valence-electron chi connectivity index (χ4n) is 1.91. The second kappa shape index (κ2) is 6.84. The zero-order valence-electron chi connectivity index (χ0n) is 11.0. The van der Waals surface area contributed by atoms with Crippen molar-refractivity contribution < 1.29 is 14.2 Å². The van der Waals surface area contributed by atoms with E-state index >= 15 is 0 Å². The summed E-state index contributed by atoms with van der Waals surface area (Å²) in [5.41, 5.74) is 0.368. The zero-order valence-corrected chi connectivity index (χ0v) is 13.3. The van der Waals surface area contributed by atoms with E-state index in [0.717, 1.165) is 6.07 Å². The minimum atomic E-state index is -1.25. The molecular formula is C15H12Cl3FO2. The van der Waals surface area contributed by atoms with Gasteiger partial charge in [-0.3, -0.25) is 0 Å². The van der Waals surface area contributed by atoms with Gasteiger partial charge in [0.15, 0.2) is 0 Å². The van der Waals surface area contributed by atoms with Crippen LogP contribution in [0, 0.1) is 5.82 Å². The minimum absolute atomic E-state index is 0.0709. The first-order valence-electron chi connectivity index (χ1n) is 6.18. The Morgan fingerprint density at radius 2 is 1.81 bits per heavy atom. The highest BCUT2D eigenvalue weighted by Gasteiger charge is 2.20. The SMILES string of the molecule is CCOc1cc(Cl)c(C(O)c2ccc(Cl)cc2F)cc1Cl. The molecule has 21 heavy (non-hydrogen) atoms. The van der Waals surface area contributed by atoms with Crippen LogP contribution in [0.15, 0.2) is 30.3 Å². The molecule has 2 aromatic rings. The molecule has 1 N–H and O–H groups in total. The predicted molar refractivity (Wildman–Crippen MR) is 83.1 cm³/mol. The molecule has 2 aromatic carbocycles. The largest absolute Gasteiger partial charge is 0.492 e. The van der Waals surface area contributed by atoms with E-state index in [2.05, 4.69) is 0 Å². The fourth-order valence-corrected chi connectivity index (χ4v) is 2.55. The van der Waals surface area contributed by atoms with Crippen molar-refractivity contribution in [2.24, 2.45) is 0 Å². The van der Waals surface area contributed by atoms with Crippen molar-refractivity contribution in [2.45, 2.75) is 13.0 Å². The molecule has 0 spiro atoms. The van der Waals surface area contributed by atoms with Crippen LogP contribution in [-0.2, 0) is 0 Å². The van der Waals surface area contributed by atoms with Crippen LogP contribution in [-0.4, -0.2) is 11.7 Å². The number of aliphatic hydroxyl groups is 1. The Bertz CT molecular complexity index is 662. The van der Waals surface area contributed by atoms with Crippen LogP contribution in [0.4, 0.5) is 4.39 Å². The van der Waals surface area contributed by atoms with Crippen molar-refractivity contribution in [3.05, 3.63) is 62.3 Å². The predicted octanol–water partition coefficient (Wildman–Crippen LogP) is 5.27. The highest BCUT2D eigenvalue weighted by atomic mass is 35.5. The Balaban J connectivity index is 2.43. The summed E-state index contributed by atoms with van der Waals surface area (Å²) in [4.78, 5) is 0. The molecule has 2 nitrogen and oxygen atoms in total. The van der Waals surface area contributed by atoms with Gasteiger partial charge in [-0.25, -0.2) is 4.39 Å². The Kier molecular flexibility index (Phi) is 5.33. The molecule has 0 aliphatic carbocycles. The number of halogens is 4. The normalized spacial score (nSPS) is 12.3. The molecule has 0 amide bonds. The number of benzene rings is 2. The van der Waals surface area contributed by atoms with Crippen LogP contribution < -0.4 is 4.74 Å². The number of aliphatic hydroxyl groups excluding tert-OH is 1. The summed E-state index contributed by atoms with van der Waals surface area (Å²) in [6, 6.07) is 6.99. The summed E-state index contributed by atoms with van der Waals surface area (Å²) >= 11 is 17.9. The third-order valence-electron chi connectivity index (χ3n) is 2.90. The standard InChI is InChI=1S/C15H12Cl3FO2/c1-2-21-14-7-11(17)10(6-12(14)18)15(20)9-4-3-8(16)5-13(9)19/h3-7,15,20H,2H2,1H3. The third-order valence-corrected chi connectivity index (χ3v) is 3.76. The van der Waals surface area contributed by atoms with E-state index in [9.17, 15) is 9.50 Å². The molecule has 0 aliphatic rings. The van der Waals surface area contributed by atoms with Gasteiger partial charge in [-0.2, -0.15) is 0 Å². The van der Waals surface area contributed by atoms with Crippen LogP contribution in [0.25, 0.3) is 0 Å². The minimum Gasteiger partial charge on any atom is -0.492 e. The van der Waals surface area contributed by atoms with E-state index in [-0.39, 0.29) is 15.6 Å². The summed E-state index contributed by atoms with van der Waals surface area (Å²) in [5, 5.41) is 11.1. The maximum Gasteiger partial charge on any atom is 0.139 e. The molecule has 0 saturated carbocycles. The molecule has 0 aliphatic heterocycles.